The third kappa shape index (κ3) is 2.51. The van der Waals surface area contributed by atoms with Gasteiger partial charge in [0.25, 0.3) is 0 Å². The van der Waals surface area contributed by atoms with Gasteiger partial charge in [-0.15, -0.1) is 0 Å². The summed E-state index contributed by atoms with van der Waals surface area (Å²) in [6.45, 7) is 0.296. The minimum Gasteiger partial charge on any atom is -0.326 e. The third-order valence-corrected chi connectivity index (χ3v) is 2.65. The van der Waals surface area contributed by atoms with Crippen molar-refractivity contribution < 1.29 is 13.2 Å². The maximum atomic E-state index is 12.4. The van der Waals surface area contributed by atoms with Gasteiger partial charge >= 0.3 is 6.18 Å². The summed E-state index contributed by atoms with van der Waals surface area (Å²) in [7, 11) is 0. The number of benzene rings is 1. The molecule has 0 fully saturated rings. The maximum Gasteiger partial charge on any atom is 0.416 e. The fourth-order valence-corrected chi connectivity index (χ4v) is 1.71. The summed E-state index contributed by atoms with van der Waals surface area (Å²) in [6, 6.07) is 6.76. The van der Waals surface area contributed by atoms with Crippen molar-refractivity contribution in [3.63, 3.8) is 0 Å². The number of alkyl halides is 3. The Bertz CT molecular complexity index is 533. The standard InChI is InChI=1S/C13H11F3N2/c14-13(15,16)11-3-1-9(2-4-11)12-5-6-18-8-10(12)7-17/h1-6,8H,7,17H2. The molecule has 1 heterocycles. The summed E-state index contributed by atoms with van der Waals surface area (Å²) in [5.41, 5.74) is 7.22. The SMILES string of the molecule is NCc1cnccc1-c1ccc(C(F)(F)F)cc1. The Balaban J connectivity index is 2.41. The maximum absolute atomic E-state index is 12.4. The Morgan fingerprint density at radius 2 is 1.72 bits per heavy atom. The van der Waals surface area contributed by atoms with E-state index >= 15 is 0 Å². The molecule has 0 bridgehead atoms. The number of halogens is 3. The molecule has 5 heteroatoms. The zero-order chi connectivity index (χ0) is 13.2. The van der Waals surface area contributed by atoms with E-state index in [-0.39, 0.29) is 0 Å². The Kier molecular flexibility index (Phi) is 3.34. The van der Waals surface area contributed by atoms with Crippen LogP contribution in [0.1, 0.15) is 11.1 Å². The molecule has 2 nitrogen and oxygen atoms in total. The topological polar surface area (TPSA) is 38.9 Å². The predicted octanol–water partition coefficient (Wildman–Crippen LogP) is 3.23. The molecule has 94 valence electrons. The van der Waals surface area contributed by atoms with E-state index in [2.05, 4.69) is 4.98 Å². The second-order valence-corrected chi connectivity index (χ2v) is 3.81. The van der Waals surface area contributed by atoms with E-state index in [1.54, 1.807) is 18.5 Å². The Labute approximate surface area is 102 Å². The molecular formula is C13H11F3N2. The van der Waals surface area contributed by atoms with E-state index in [1.165, 1.54) is 12.1 Å². The number of rotatable bonds is 2. The lowest BCUT2D eigenvalue weighted by Crippen LogP contribution is -2.04. The van der Waals surface area contributed by atoms with Crippen molar-refractivity contribution in [3.8, 4) is 11.1 Å². The van der Waals surface area contributed by atoms with Gasteiger partial charge in [-0.2, -0.15) is 13.2 Å². The van der Waals surface area contributed by atoms with E-state index in [4.69, 9.17) is 5.73 Å². The van der Waals surface area contributed by atoms with Crippen molar-refractivity contribution >= 4 is 0 Å². The van der Waals surface area contributed by atoms with Gasteiger partial charge in [-0.1, -0.05) is 12.1 Å². The van der Waals surface area contributed by atoms with Gasteiger partial charge in [-0.3, -0.25) is 4.98 Å². The quantitative estimate of drug-likeness (QED) is 0.891. The fraction of sp³-hybridized carbons (Fsp3) is 0.154. The lowest BCUT2D eigenvalue weighted by atomic mass is 10.0. The van der Waals surface area contributed by atoms with Gasteiger partial charge in [-0.05, 0) is 34.9 Å². The molecule has 1 aromatic heterocycles. The van der Waals surface area contributed by atoms with Crippen molar-refractivity contribution in [3.05, 3.63) is 53.9 Å². The number of aromatic nitrogens is 1. The first-order chi connectivity index (χ1) is 8.52. The first-order valence-electron chi connectivity index (χ1n) is 5.33. The summed E-state index contributed by atoms with van der Waals surface area (Å²) >= 11 is 0. The van der Waals surface area contributed by atoms with E-state index in [1.807, 2.05) is 0 Å². The van der Waals surface area contributed by atoms with Crippen LogP contribution in [0.25, 0.3) is 11.1 Å². The third-order valence-electron chi connectivity index (χ3n) is 2.65. The lowest BCUT2D eigenvalue weighted by molar-refractivity contribution is -0.137. The van der Waals surface area contributed by atoms with Crippen molar-refractivity contribution in [1.82, 2.24) is 4.98 Å². The molecule has 0 spiro atoms. The highest BCUT2D eigenvalue weighted by Gasteiger charge is 2.29. The molecule has 0 saturated heterocycles. The number of pyridine rings is 1. The monoisotopic (exact) mass is 252 g/mol. The molecule has 0 radical (unpaired) electrons. The molecule has 2 N–H and O–H groups in total. The molecule has 0 aliphatic rings. The van der Waals surface area contributed by atoms with Crippen molar-refractivity contribution in [2.75, 3.05) is 0 Å². The van der Waals surface area contributed by atoms with Crippen molar-refractivity contribution in [2.24, 2.45) is 5.73 Å². The van der Waals surface area contributed by atoms with Crippen LogP contribution in [0.3, 0.4) is 0 Å². The zero-order valence-electron chi connectivity index (χ0n) is 9.41. The molecule has 0 aliphatic carbocycles. The summed E-state index contributed by atoms with van der Waals surface area (Å²) in [4.78, 5) is 3.94. The van der Waals surface area contributed by atoms with E-state index in [0.29, 0.717) is 12.1 Å². The van der Waals surface area contributed by atoms with Gasteiger partial charge in [0, 0.05) is 18.9 Å². The minimum absolute atomic E-state index is 0.296. The summed E-state index contributed by atoms with van der Waals surface area (Å²) in [5.74, 6) is 0. The predicted molar refractivity (Wildman–Crippen MR) is 62.6 cm³/mol. The summed E-state index contributed by atoms with van der Waals surface area (Å²) in [5, 5.41) is 0. The minimum atomic E-state index is -4.31. The zero-order valence-corrected chi connectivity index (χ0v) is 9.41. The molecule has 18 heavy (non-hydrogen) atoms. The van der Waals surface area contributed by atoms with Crippen molar-refractivity contribution in [1.29, 1.82) is 0 Å². The second kappa shape index (κ2) is 4.78. The van der Waals surface area contributed by atoms with E-state index < -0.39 is 11.7 Å². The smallest absolute Gasteiger partial charge is 0.326 e. The summed E-state index contributed by atoms with van der Waals surface area (Å²) < 4.78 is 37.3. The van der Waals surface area contributed by atoms with Gasteiger partial charge in [0.1, 0.15) is 0 Å². The van der Waals surface area contributed by atoms with Crippen LogP contribution in [-0.2, 0) is 12.7 Å². The normalized spacial score (nSPS) is 11.6. The number of nitrogens with zero attached hydrogens (tertiary/aromatic N) is 1. The van der Waals surface area contributed by atoms with Crippen molar-refractivity contribution in [2.45, 2.75) is 12.7 Å². The lowest BCUT2D eigenvalue weighted by Gasteiger charge is -2.10. The Morgan fingerprint density at radius 3 is 2.28 bits per heavy atom. The van der Waals surface area contributed by atoms with Gasteiger partial charge in [0.05, 0.1) is 5.56 Å². The van der Waals surface area contributed by atoms with Crippen LogP contribution in [0.4, 0.5) is 13.2 Å². The Morgan fingerprint density at radius 1 is 1.06 bits per heavy atom. The number of nitrogens with two attached hydrogens (primary N) is 1. The molecule has 0 unspecified atom stereocenters. The highest BCUT2D eigenvalue weighted by atomic mass is 19.4. The molecule has 0 saturated carbocycles. The average molecular weight is 252 g/mol. The molecule has 0 amide bonds. The molecule has 1 aromatic carbocycles. The number of hydrogen-bond acceptors (Lipinski definition) is 2. The Hall–Kier alpha value is -1.88. The van der Waals surface area contributed by atoms with E-state index in [9.17, 15) is 13.2 Å². The highest BCUT2D eigenvalue weighted by Crippen LogP contribution is 2.31. The largest absolute Gasteiger partial charge is 0.416 e. The van der Waals surface area contributed by atoms with Gasteiger partial charge < -0.3 is 5.73 Å². The van der Waals surface area contributed by atoms with E-state index in [0.717, 1.165) is 23.3 Å². The highest BCUT2D eigenvalue weighted by molar-refractivity contribution is 5.66. The van der Waals surface area contributed by atoms with Gasteiger partial charge in [-0.25, -0.2) is 0 Å². The van der Waals surface area contributed by atoms with Gasteiger partial charge in [0.15, 0.2) is 0 Å². The molecule has 0 aliphatic heterocycles. The van der Waals surface area contributed by atoms with Crippen LogP contribution in [0, 0.1) is 0 Å². The van der Waals surface area contributed by atoms with Crippen LogP contribution < -0.4 is 5.73 Å². The summed E-state index contributed by atoms with van der Waals surface area (Å²) in [6.07, 6.45) is -1.10. The average Bonchev–Trinajstić information content (AvgIpc) is 2.38. The first kappa shape index (κ1) is 12.6. The molecule has 2 aromatic rings. The molecular weight excluding hydrogens is 241 g/mol. The number of hydrogen-bond donors (Lipinski definition) is 1. The van der Waals surface area contributed by atoms with Crippen LogP contribution in [0.5, 0.6) is 0 Å². The van der Waals surface area contributed by atoms with Crippen LogP contribution >= 0.6 is 0 Å². The fourth-order valence-electron chi connectivity index (χ4n) is 1.71. The van der Waals surface area contributed by atoms with Gasteiger partial charge in [0.2, 0.25) is 0 Å². The molecule has 0 atom stereocenters. The van der Waals surface area contributed by atoms with Crippen LogP contribution in [-0.4, -0.2) is 4.98 Å². The molecule has 2 rings (SSSR count). The van der Waals surface area contributed by atoms with Crippen LogP contribution in [0.15, 0.2) is 42.7 Å². The second-order valence-electron chi connectivity index (χ2n) is 3.81. The first-order valence-corrected chi connectivity index (χ1v) is 5.33. The van der Waals surface area contributed by atoms with Crippen LogP contribution in [0.2, 0.25) is 0 Å².